The first kappa shape index (κ1) is 11.0. The summed E-state index contributed by atoms with van der Waals surface area (Å²) < 4.78 is 6.51. The fourth-order valence-electron chi connectivity index (χ4n) is 2.28. The molecule has 2 nitrogen and oxygen atoms in total. The average molecular weight is 270 g/mol. The number of hydrogen-bond acceptors (Lipinski definition) is 2. The number of nitrogens with two attached hydrogens (primary N) is 1. The number of hydrogen-bond donors (Lipinski definition) is 1. The third kappa shape index (κ3) is 2.04. The minimum absolute atomic E-state index is 0.145. The molecule has 1 aliphatic rings. The maximum absolute atomic E-state index is 6.19. The molecule has 1 aromatic rings. The molecule has 0 aliphatic heterocycles. The molecule has 1 aromatic carbocycles. The van der Waals surface area contributed by atoms with Crippen LogP contribution in [0.15, 0.2) is 16.6 Å². The van der Waals surface area contributed by atoms with Gasteiger partial charge < -0.3 is 10.5 Å². The number of methoxy groups -OCH3 is 1. The fourth-order valence-corrected chi connectivity index (χ4v) is 2.94. The van der Waals surface area contributed by atoms with E-state index in [1.807, 2.05) is 12.1 Å². The Balaban J connectivity index is 2.55. The summed E-state index contributed by atoms with van der Waals surface area (Å²) in [4.78, 5) is 0. The second-order valence-electron chi connectivity index (χ2n) is 3.99. The summed E-state index contributed by atoms with van der Waals surface area (Å²) in [7, 11) is 1.72. The lowest BCUT2D eigenvalue weighted by Gasteiger charge is -2.17. The van der Waals surface area contributed by atoms with E-state index in [4.69, 9.17) is 10.5 Å². The van der Waals surface area contributed by atoms with Crippen molar-refractivity contribution in [3.63, 3.8) is 0 Å². The standard InChI is InChI=1S/C12H16BrNO/c1-15-11-7-6-9(13)12-8(11)4-2-3-5-10(12)14/h6-7,10H,2-5,14H2,1H3. The van der Waals surface area contributed by atoms with E-state index in [1.165, 1.54) is 24.0 Å². The Labute approximate surface area is 98.9 Å². The van der Waals surface area contributed by atoms with Crippen molar-refractivity contribution in [2.45, 2.75) is 31.7 Å². The van der Waals surface area contributed by atoms with Gasteiger partial charge in [0.25, 0.3) is 0 Å². The van der Waals surface area contributed by atoms with E-state index in [-0.39, 0.29) is 6.04 Å². The van der Waals surface area contributed by atoms with Gasteiger partial charge in [-0.15, -0.1) is 0 Å². The van der Waals surface area contributed by atoms with E-state index in [0.717, 1.165) is 23.1 Å². The van der Waals surface area contributed by atoms with Crippen LogP contribution in [0.25, 0.3) is 0 Å². The third-order valence-corrected chi connectivity index (χ3v) is 3.73. The summed E-state index contributed by atoms with van der Waals surface area (Å²) in [6.07, 6.45) is 4.55. The fraction of sp³-hybridized carbons (Fsp3) is 0.500. The molecule has 2 rings (SSSR count). The van der Waals surface area contributed by atoms with Gasteiger partial charge in [0, 0.05) is 10.5 Å². The van der Waals surface area contributed by atoms with E-state index in [9.17, 15) is 0 Å². The predicted molar refractivity (Wildman–Crippen MR) is 65.2 cm³/mol. The Hall–Kier alpha value is -0.540. The topological polar surface area (TPSA) is 35.2 Å². The van der Waals surface area contributed by atoms with Gasteiger partial charge in [0.2, 0.25) is 0 Å². The van der Waals surface area contributed by atoms with Crippen LogP contribution in [-0.4, -0.2) is 7.11 Å². The predicted octanol–water partition coefficient (Wildman–Crippen LogP) is 3.18. The normalized spacial score (nSPS) is 20.6. The van der Waals surface area contributed by atoms with Crippen LogP contribution in [0.4, 0.5) is 0 Å². The van der Waals surface area contributed by atoms with E-state index in [1.54, 1.807) is 7.11 Å². The van der Waals surface area contributed by atoms with E-state index in [0.29, 0.717) is 0 Å². The number of halogens is 1. The van der Waals surface area contributed by atoms with Gasteiger partial charge in [-0.3, -0.25) is 0 Å². The number of fused-ring (bicyclic) bond motifs is 1. The van der Waals surface area contributed by atoms with Gasteiger partial charge in [-0.2, -0.15) is 0 Å². The molecule has 1 aliphatic carbocycles. The number of ether oxygens (including phenoxy) is 1. The van der Waals surface area contributed by atoms with Crippen LogP contribution >= 0.6 is 15.9 Å². The van der Waals surface area contributed by atoms with Crippen LogP contribution < -0.4 is 10.5 Å². The SMILES string of the molecule is COc1ccc(Br)c2c1CCCCC2N. The Kier molecular flexibility index (Phi) is 3.32. The van der Waals surface area contributed by atoms with E-state index >= 15 is 0 Å². The highest BCUT2D eigenvalue weighted by Crippen LogP contribution is 2.37. The van der Waals surface area contributed by atoms with Gasteiger partial charge in [-0.05, 0) is 42.5 Å². The maximum atomic E-state index is 6.19. The van der Waals surface area contributed by atoms with Gasteiger partial charge in [0.1, 0.15) is 5.75 Å². The Bertz CT molecular complexity index is 365. The molecule has 0 bridgehead atoms. The molecule has 0 heterocycles. The molecule has 0 radical (unpaired) electrons. The van der Waals surface area contributed by atoms with Gasteiger partial charge in [-0.25, -0.2) is 0 Å². The molecule has 2 N–H and O–H groups in total. The van der Waals surface area contributed by atoms with Crippen molar-refractivity contribution in [3.05, 3.63) is 27.7 Å². The van der Waals surface area contributed by atoms with Crippen molar-refractivity contribution in [1.82, 2.24) is 0 Å². The largest absolute Gasteiger partial charge is 0.496 e. The minimum Gasteiger partial charge on any atom is -0.496 e. The highest BCUT2D eigenvalue weighted by Gasteiger charge is 2.20. The molecule has 1 unspecified atom stereocenters. The number of rotatable bonds is 1. The van der Waals surface area contributed by atoms with Crippen molar-refractivity contribution in [3.8, 4) is 5.75 Å². The molecule has 82 valence electrons. The highest BCUT2D eigenvalue weighted by atomic mass is 79.9. The van der Waals surface area contributed by atoms with Gasteiger partial charge in [0.05, 0.1) is 7.11 Å². The highest BCUT2D eigenvalue weighted by molar-refractivity contribution is 9.10. The average Bonchev–Trinajstić information content (AvgIpc) is 2.42. The molecule has 0 fully saturated rings. The molecule has 1 atom stereocenters. The van der Waals surface area contributed by atoms with Crippen molar-refractivity contribution in [1.29, 1.82) is 0 Å². The van der Waals surface area contributed by atoms with Crippen LogP contribution in [0.3, 0.4) is 0 Å². The van der Waals surface area contributed by atoms with Crippen molar-refractivity contribution < 1.29 is 4.74 Å². The molecular weight excluding hydrogens is 254 g/mol. The first-order chi connectivity index (χ1) is 7.24. The van der Waals surface area contributed by atoms with Crippen LogP contribution in [-0.2, 0) is 6.42 Å². The third-order valence-electron chi connectivity index (χ3n) is 3.04. The van der Waals surface area contributed by atoms with Crippen LogP contribution in [0.5, 0.6) is 5.75 Å². The summed E-state index contributed by atoms with van der Waals surface area (Å²) in [5, 5.41) is 0. The summed E-state index contributed by atoms with van der Waals surface area (Å²) >= 11 is 3.58. The molecule has 0 aromatic heterocycles. The van der Waals surface area contributed by atoms with Gasteiger partial charge in [-0.1, -0.05) is 22.4 Å². The van der Waals surface area contributed by atoms with E-state index in [2.05, 4.69) is 15.9 Å². The Morgan fingerprint density at radius 1 is 1.40 bits per heavy atom. The first-order valence-corrected chi connectivity index (χ1v) is 6.14. The zero-order chi connectivity index (χ0) is 10.8. The molecule has 0 amide bonds. The molecular formula is C12H16BrNO. The van der Waals surface area contributed by atoms with Crippen LogP contribution in [0.1, 0.15) is 36.4 Å². The smallest absolute Gasteiger partial charge is 0.122 e. The molecule has 3 heteroatoms. The molecule has 0 saturated heterocycles. The first-order valence-electron chi connectivity index (χ1n) is 5.35. The summed E-state index contributed by atoms with van der Waals surface area (Å²) in [6.45, 7) is 0. The summed E-state index contributed by atoms with van der Waals surface area (Å²) in [6, 6.07) is 4.19. The Morgan fingerprint density at radius 2 is 2.20 bits per heavy atom. The van der Waals surface area contributed by atoms with Gasteiger partial charge in [0.15, 0.2) is 0 Å². The van der Waals surface area contributed by atoms with Crippen molar-refractivity contribution in [2.24, 2.45) is 5.73 Å². The summed E-state index contributed by atoms with van der Waals surface area (Å²) in [5.41, 5.74) is 8.72. The minimum atomic E-state index is 0.145. The quantitative estimate of drug-likeness (QED) is 0.795. The summed E-state index contributed by atoms with van der Waals surface area (Å²) in [5.74, 6) is 0.977. The van der Waals surface area contributed by atoms with Crippen LogP contribution in [0.2, 0.25) is 0 Å². The monoisotopic (exact) mass is 269 g/mol. The molecule has 15 heavy (non-hydrogen) atoms. The molecule has 0 saturated carbocycles. The second-order valence-corrected chi connectivity index (χ2v) is 4.85. The van der Waals surface area contributed by atoms with Gasteiger partial charge >= 0.3 is 0 Å². The maximum Gasteiger partial charge on any atom is 0.122 e. The van der Waals surface area contributed by atoms with Crippen LogP contribution in [0, 0.1) is 0 Å². The van der Waals surface area contributed by atoms with Crippen molar-refractivity contribution in [2.75, 3.05) is 7.11 Å². The second kappa shape index (κ2) is 4.54. The zero-order valence-electron chi connectivity index (χ0n) is 8.92. The Morgan fingerprint density at radius 3 is 2.93 bits per heavy atom. The zero-order valence-corrected chi connectivity index (χ0v) is 10.5. The molecule has 0 spiro atoms. The van der Waals surface area contributed by atoms with Crippen molar-refractivity contribution >= 4 is 15.9 Å². The van der Waals surface area contributed by atoms with E-state index < -0.39 is 0 Å². The number of benzene rings is 1. The lowest BCUT2D eigenvalue weighted by Crippen LogP contribution is -2.11. The lowest BCUT2D eigenvalue weighted by molar-refractivity contribution is 0.408. The lowest BCUT2D eigenvalue weighted by atomic mass is 9.99.